The highest BCUT2D eigenvalue weighted by Gasteiger charge is 2.27. The zero-order chi connectivity index (χ0) is 26.4. The Morgan fingerprint density at radius 2 is 1.92 bits per heavy atom. The minimum Gasteiger partial charge on any atom is -0.497 e. The molecule has 1 amide bonds. The van der Waals surface area contributed by atoms with Crippen molar-refractivity contribution >= 4 is 23.2 Å². The lowest BCUT2D eigenvalue weighted by atomic mass is 9.84. The summed E-state index contributed by atoms with van der Waals surface area (Å²) in [6.45, 7) is 4.73. The molecule has 0 atom stereocenters. The van der Waals surface area contributed by atoms with Gasteiger partial charge in [-0.3, -0.25) is 4.79 Å². The fourth-order valence-electron chi connectivity index (χ4n) is 4.81. The van der Waals surface area contributed by atoms with Crippen LogP contribution in [-0.4, -0.2) is 53.7 Å². The molecular formula is C28H38N6O3. The maximum Gasteiger partial charge on any atom is 0.227 e. The fraction of sp³-hybridized carbons (Fsp3) is 0.500. The lowest BCUT2D eigenvalue weighted by Crippen LogP contribution is -2.20. The molecule has 0 saturated heterocycles. The molecule has 37 heavy (non-hydrogen) atoms. The van der Waals surface area contributed by atoms with Gasteiger partial charge in [-0.1, -0.05) is 31.3 Å². The summed E-state index contributed by atoms with van der Waals surface area (Å²) in [6.07, 6.45) is 9.04. The second-order valence-electron chi connectivity index (χ2n) is 9.93. The van der Waals surface area contributed by atoms with Gasteiger partial charge in [0.25, 0.3) is 0 Å². The second kappa shape index (κ2) is 12.2. The van der Waals surface area contributed by atoms with Crippen molar-refractivity contribution in [3.8, 4) is 17.0 Å². The van der Waals surface area contributed by atoms with Gasteiger partial charge in [-0.15, -0.1) is 0 Å². The van der Waals surface area contributed by atoms with E-state index in [0.29, 0.717) is 42.0 Å². The number of ether oxygens (including phenoxy) is 1. The van der Waals surface area contributed by atoms with Crippen LogP contribution in [0.15, 0.2) is 28.9 Å². The molecule has 4 rings (SSSR count). The summed E-state index contributed by atoms with van der Waals surface area (Å²) in [5.74, 6) is 2.20. The minimum absolute atomic E-state index is 0.0584. The number of anilines is 3. The van der Waals surface area contributed by atoms with Gasteiger partial charge in [-0.2, -0.15) is 0 Å². The van der Waals surface area contributed by atoms with Crippen LogP contribution >= 0.6 is 0 Å². The number of aromatic nitrogens is 3. The highest BCUT2D eigenvalue weighted by Crippen LogP contribution is 2.40. The minimum atomic E-state index is -0.0584. The molecule has 9 nitrogen and oxygen atoms in total. The third-order valence-electron chi connectivity index (χ3n) is 6.83. The quantitative estimate of drug-likeness (QED) is 0.361. The highest BCUT2D eigenvalue weighted by molar-refractivity contribution is 5.91. The molecule has 9 heteroatoms. The monoisotopic (exact) mass is 506 g/mol. The van der Waals surface area contributed by atoms with Crippen LogP contribution in [0, 0.1) is 6.92 Å². The predicted molar refractivity (Wildman–Crippen MR) is 146 cm³/mol. The van der Waals surface area contributed by atoms with E-state index in [1.54, 1.807) is 13.2 Å². The van der Waals surface area contributed by atoms with E-state index in [1.807, 2.05) is 44.2 Å². The second-order valence-corrected chi connectivity index (χ2v) is 9.93. The maximum absolute atomic E-state index is 12.4. The smallest absolute Gasteiger partial charge is 0.227 e. The van der Waals surface area contributed by atoms with Crippen LogP contribution in [0.5, 0.6) is 5.75 Å². The molecule has 1 aliphatic rings. The topological polar surface area (TPSA) is 105 Å². The van der Waals surface area contributed by atoms with E-state index in [4.69, 9.17) is 14.2 Å². The van der Waals surface area contributed by atoms with Crippen molar-refractivity contribution in [2.24, 2.45) is 0 Å². The zero-order valence-electron chi connectivity index (χ0n) is 22.6. The molecule has 0 spiro atoms. The summed E-state index contributed by atoms with van der Waals surface area (Å²) in [4.78, 5) is 23.9. The van der Waals surface area contributed by atoms with Crippen molar-refractivity contribution in [3.63, 3.8) is 0 Å². The van der Waals surface area contributed by atoms with E-state index >= 15 is 0 Å². The first kappa shape index (κ1) is 26.6. The summed E-state index contributed by atoms with van der Waals surface area (Å²) in [6, 6.07) is 5.50. The third kappa shape index (κ3) is 6.65. The molecule has 2 heterocycles. The lowest BCUT2D eigenvalue weighted by molar-refractivity contribution is -0.116. The molecule has 0 bridgehead atoms. The van der Waals surface area contributed by atoms with E-state index in [2.05, 4.69) is 27.7 Å². The van der Waals surface area contributed by atoms with Crippen molar-refractivity contribution in [2.45, 2.75) is 64.7 Å². The van der Waals surface area contributed by atoms with Crippen molar-refractivity contribution in [2.75, 3.05) is 38.4 Å². The number of rotatable bonds is 10. The van der Waals surface area contributed by atoms with Gasteiger partial charge in [0, 0.05) is 48.6 Å². The number of aryl methyl sites for hydroxylation is 2. The number of nitrogens with zero attached hydrogens (tertiary/aromatic N) is 4. The number of methoxy groups -OCH3 is 1. The Bertz CT molecular complexity index is 1220. The first-order chi connectivity index (χ1) is 17.9. The Balaban J connectivity index is 1.62. The van der Waals surface area contributed by atoms with E-state index in [-0.39, 0.29) is 5.91 Å². The summed E-state index contributed by atoms with van der Waals surface area (Å²) >= 11 is 0. The molecule has 2 aromatic heterocycles. The number of hydrogen-bond acceptors (Lipinski definition) is 8. The molecule has 1 aliphatic carbocycles. The Kier molecular flexibility index (Phi) is 8.76. The van der Waals surface area contributed by atoms with Gasteiger partial charge in [0.05, 0.1) is 24.1 Å². The highest BCUT2D eigenvalue weighted by atomic mass is 16.5. The first-order valence-corrected chi connectivity index (χ1v) is 13.1. The summed E-state index contributed by atoms with van der Waals surface area (Å²) in [7, 11) is 5.49. The van der Waals surface area contributed by atoms with Crippen molar-refractivity contribution in [3.05, 3.63) is 41.4 Å². The maximum atomic E-state index is 12.4. The molecule has 0 unspecified atom stereocenters. The van der Waals surface area contributed by atoms with Crippen LogP contribution < -0.4 is 15.4 Å². The summed E-state index contributed by atoms with van der Waals surface area (Å²) in [5.41, 5.74) is 5.28. The van der Waals surface area contributed by atoms with Gasteiger partial charge in [0.1, 0.15) is 11.5 Å². The normalized spacial score (nSPS) is 14.1. The van der Waals surface area contributed by atoms with Crippen LogP contribution in [0.2, 0.25) is 0 Å². The van der Waals surface area contributed by atoms with Crippen molar-refractivity contribution in [1.82, 2.24) is 20.0 Å². The Hall–Kier alpha value is -3.46. The molecule has 0 aliphatic heterocycles. The molecule has 1 aromatic carbocycles. The Morgan fingerprint density at radius 3 is 2.62 bits per heavy atom. The van der Waals surface area contributed by atoms with Crippen LogP contribution in [0.4, 0.5) is 17.3 Å². The van der Waals surface area contributed by atoms with Gasteiger partial charge < -0.3 is 24.8 Å². The average Bonchev–Trinajstić information content (AvgIpc) is 3.28. The third-order valence-corrected chi connectivity index (χ3v) is 6.83. The van der Waals surface area contributed by atoms with Gasteiger partial charge in [-0.25, -0.2) is 9.97 Å². The SMILES string of the molecule is CCc1cnc(Nc2cc(NC(=O)CCN(C)C)cc(OC)c2)nc1-c1c(C2CCCCC2)noc1C. The average molecular weight is 507 g/mol. The number of amides is 1. The molecular weight excluding hydrogens is 468 g/mol. The van der Waals surface area contributed by atoms with E-state index in [9.17, 15) is 4.79 Å². The van der Waals surface area contributed by atoms with Gasteiger partial charge in [0.2, 0.25) is 11.9 Å². The molecule has 2 N–H and O–H groups in total. The number of hydrogen-bond donors (Lipinski definition) is 2. The number of carbonyl (C=O) groups is 1. The largest absolute Gasteiger partial charge is 0.497 e. The van der Waals surface area contributed by atoms with Crippen LogP contribution in [0.25, 0.3) is 11.3 Å². The van der Waals surface area contributed by atoms with Crippen LogP contribution in [-0.2, 0) is 11.2 Å². The molecule has 1 saturated carbocycles. The summed E-state index contributed by atoms with van der Waals surface area (Å²) in [5, 5.41) is 10.7. The van der Waals surface area contributed by atoms with Gasteiger partial charge in [-0.05, 0) is 51.9 Å². The van der Waals surface area contributed by atoms with Crippen molar-refractivity contribution in [1.29, 1.82) is 0 Å². The van der Waals surface area contributed by atoms with E-state index in [0.717, 1.165) is 47.5 Å². The number of carbonyl (C=O) groups excluding carboxylic acids is 1. The van der Waals surface area contributed by atoms with Crippen LogP contribution in [0.3, 0.4) is 0 Å². The zero-order valence-corrected chi connectivity index (χ0v) is 22.6. The standard InChI is InChI=1S/C28H38N6O3/c1-6-19-17-29-28(32-26(19)25-18(2)37-33-27(25)20-10-8-7-9-11-20)31-22-14-21(15-23(16-22)36-5)30-24(35)12-13-34(3)4/h14-17,20H,6-13H2,1-5H3,(H,30,35)(H,29,31,32). The van der Waals surface area contributed by atoms with Crippen molar-refractivity contribution < 1.29 is 14.1 Å². The van der Waals surface area contributed by atoms with Gasteiger partial charge in [0.15, 0.2) is 0 Å². The Morgan fingerprint density at radius 1 is 1.16 bits per heavy atom. The van der Waals surface area contributed by atoms with Gasteiger partial charge >= 0.3 is 0 Å². The summed E-state index contributed by atoms with van der Waals surface area (Å²) < 4.78 is 11.2. The van der Waals surface area contributed by atoms with E-state index < -0.39 is 0 Å². The van der Waals surface area contributed by atoms with E-state index in [1.165, 1.54) is 19.3 Å². The number of nitrogens with one attached hydrogen (secondary N) is 2. The molecule has 198 valence electrons. The molecule has 0 radical (unpaired) electrons. The van der Waals surface area contributed by atoms with Crippen LogP contribution in [0.1, 0.15) is 68.4 Å². The molecule has 3 aromatic rings. The fourth-order valence-corrected chi connectivity index (χ4v) is 4.81. The predicted octanol–water partition coefficient (Wildman–Crippen LogP) is 5.69. The number of benzene rings is 1. The lowest BCUT2D eigenvalue weighted by Gasteiger charge is -2.21. The molecule has 1 fully saturated rings. The Labute approximate surface area is 219 Å². The first-order valence-electron chi connectivity index (χ1n) is 13.1.